The van der Waals surface area contributed by atoms with Gasteiger partial charge in [-0.05, 0) is 49.2 Å². The first-order chi connectivity index (χ1) is 19.0. The first-order valence-electron chi connectivity index (χ1n) is 12.5. The Labute approximate surface area is 220 Å². The van der Waals surface area contributed by atoms with Gasteiger partial charge in [-0.1, -0.05) is 72.5 Å². The van der Waals surface area contributed by atoms with Gasteiger partial charge in [0, 0.05) is 11.8 Å². The Morgan fingerprint density at radius 1 is 0.769 bits per heavy atom. The van der Waals surface area contributed by atoms with Gasteiger partial charge in [-0.3, -0.25) is 14.3 Å². The van der Waals surface area contributed by atoms with Crippen LogP contribution in [-0.2, 0) is 4.74 Å². The van der Waals surface area contributed by atoms with Crippen LogP contribution < -0.4 is 11.2 Å². The number of aliphatic hydroxyl groups is 3. The number of aliphatic hydroxyl groups excluding tert-OH is 3. The molecule has 2 heterocycles. The zero-order chi connectivity index (χ0) is 26.8. The largest absolute Gasteiger partial charge is 0.394 e. The average Bonchev–Trinajstić information content (AvgIpc) is 3.24. The summed E-state index contributed by atoms with van der Waals surface area (Å²) in [6.07, 6.45) is -4.00. The molecule has 1 aromatic heterocycles. The van der Waals surface area contributed by atoms with Crippen molar-refractivity contribution in [2.75, 3.05) is 6.61 Å². The maximum atomic E-state index is 12.6. The SMILES string of the molecule is O=c1[nH]c(=O)n([C@@H]2O[C@H](CO)C(O)[C@H]2O)cc1C#Cc1ccc2c3cccc4cccc(c5cccc1c52)c43. The van der Waals surface area contributed by atoms with Crippen LogP contribution in [0.3, 0.4) is 0 Å². The van der Waals surface area contributed by atoms with Crippen LogP contribution in [0.25, 0.3) is 43.1 Å². The maximum absolute atomic E-state index is 12.6. The molecule has 8 heteroatoms. The van der Waals surface area contributed by atoms with Gasteiger partial charge < -0.3 is 20.1 Å². The number of aromatic amines is 1. The van der Waals surface area contributed by atoms with E-state index in [1.165, 1.54) is 17.0 Å². The van der Waals surface area contributed by atoms with Crippen molar-refractivity contribution in [1.82, 2.24) is 9.55 Å². The van der Waals surface area contributed by atoms with Crippen molar-refractivity contribution >= 4 is 43.1 Å². The number of nitrogens with zero attached hydrogens (tertiary/aromatic N) is 1. The third kappa shape index (κ3) is 3.49. The van der Waals surface area contributed by atoms with E-state index in [0.29, 0.717) is 5.56 Å². The summed E-state index contributed by atoms with van der Waals surface area (Å²) in [5, 5.41) is 38.8. The minimum atomic E-state index is -1.47. The van der Waals surface area contributed by atoms with Gasteiger partial charge >= 0.3 is 5.69 Å². The van der Waals surface area contributed by atoms with Crippen LogP contribution in [0.4, 0.5) is 0 Å². The number of fused-ring (bicyclic) bond motifs is 2. The average molecular weight is 519 g/mol. The topological polar surface area (TPSA) is 125 Å². The molecule has 0 radical (unpaired) electrons. The van der Waals surface area contributed by atoms with E-state index in [0.717, 1.165) is 36.9 Å². The monoisotopic (exact) mass is 518 g/mol. The molecule has 4 atom stereocenters. The highest BCUT2D eigenvalue weighted by Crippen LogP contribution is 2.40. The van der Waals surface area contributed by atoms with Crippen molar-refractivity contribution in [2.24, 2.45) is 0 Å². The number of benzene rings is 5. The van der Waals surface area contributed by atoms with E-state index in [1.54, 1.807) is 0 Å². The van der Waals surface area contributed by atoms with E-state index in [9.17, 15) is 24.9 Å². The van der Waals surface area contributed by atoms with Crippen LogP contribution in [0.15, 0.2) is 82.5 Å². The fourth-order valence-corrected chi connectivity index (χ4v) is 5.76. The summed E-state index contributed by atoms with van der Waals surface area (Å²) in [6, 6.07) is 22.7. The molecule has 8 nitrogen and oxygen atoms in total. The lowest BCUT2D eigenvalue weighted by Gasteiger charge is -2.17. The highest BCUT2D eigenvalue weighted by Gasteiger charge is 2.43. The molecule has 1 unspecified atom stereocenters. The molecule has 5 aromatic carbocycles. The van der Waals surface area contributed by atoms with E-state index >= 15 is 0 Å². The standard InChI is InChI=1S/C31H22N2O6/c34-15-24-27(35)28(36)30(39-24)33-14-18(29(37)32-31(33)38)11-10-16-12-13-23-21-8-2-5-17-4-1-7-20(25(17)21)22-9-3-6-19(16)26(22)23/h1-9,12-14,24,27-28,30,34-36H,15H2,(H,32,37,38)/t24-,27?,28-,30-/m1/s1. The van der Waals surface area contributed by atoms with Crippen molar-refractivity contribution in [1.29, 1.82) is 0 Å². The molecule has 0 bridgehead atoms. The molecule has 1 aliphatic heterocycles. The molecule has 0 aliphatic carbocycles. The van der Waals surface area contributed by atoms with Crippen LogP contribution in [0.5, 0.6) is 0 Å². The fourth-order valence-electron chi connectivity index (χ4n) is 5.76. The zero-order valence-corrected chi connectivity index (χ0v) is 20.5. The molecular formula is C31H22N2O6. The molecule has 1 fully saturated rings. The molecule has 6 aromatic rings. The number of hydrogen-bond donors (Lipinski definition) is 4. The van der Waals surface area contributed by atoms with E-state index in [4.69, 9.17) is 4.74 Å². The van der Waals surface area contributed by atoms with Gasteiger partial charge in [0.15, 0.2) is 6.23 Å². The molecular weight excluding hydrogens is 496 g/mol. The van der Waals surface area contributed by atoms with Gasteiger partial charge in [-0.15, -0.1) is 0 Å². The van der Waals surface area contributed by atoms with E-state index in [-0.39, 0.29) is 5.56 Å². The molecule has 0 saturated carbocycles. The number of hydrogen-bond acceptors (Lipinski definition) is 6. The number of rotatable bonds is 2. The summed E-state index contributed by atoms with van der Waals surface area (Å²) in [7, 11) is 0. The van der Waals surface area contributed by atoms with Gasteiger partial charge in [-0.2, -0.15) is 0 Å². The van der Waals surface area contributed by atoms with E-state index in [2.05, 4.69) is 59.3 Å². The van der Waals surface area contributed by atoms with Crippen molar-refractivity contribution in [3.8, 4) is 11.8 Å². The first kappa shape index (κ1) is 23.6. The second-order valence-corrected chi connectivity index (χ2v) is 9.79. The minimum absolute atomic E-state index is 0.0112. The van der Waals surface area contributed by atoms with Crippen molar-refractivity contribution in [3.63, 3.8) is 0 Å². The molecule has 39 heavy (non-hydrogen) atoms. The summed E-state index contributed by atoms with van der Waals surface area (Å²) in [4.78, 5) is 27.3. The Morgan fingerprint density at radius 3 is 2.08 bits per heavy atom. The maximum Gasteiger partial charge on any atom is 0.330 e. The third-order valence-electron chi connectivity index (χ3n) is 7.62. The zero-order valence-electron chi connectivity index (χ0n) is 20.5. The summed E-state index contributed by atoms with van der Waals surface area (Å²) in [6.45, 7) is -0.538. The molecule has 192 valence electrons. The van der Waals surface area contributed by atoms with E-state index in [1.807, 2.05) is 24.3 Å². The van der Waals surface area contributed by atoms with Crippen molar-refractivity contribution < 1.29 is 20.1 Å². The summed E-state index contributed by atoms with van der Waals surface area (Å²) in [5.41, 5.74) is -0.802. The lowest BCUT2D eigenvalue weighted by atomic mass is 9.88. The Morgan fingerprint density at radius 2 is 1.38 bits per heavy atom. The molecule has 7 rings (SSSR count). The molecule has 0 spiro atoms. The van der Waals surface area contributed by atoms with E-state index < -0.39 is 42.4 Å². The predicted octanol–water partition coefficient (Wildman–Crippen LogP) is 2.60. The Hall–Kier alpha value is -4.52. The van der Waals surface area contributed by atoms with Gasteiger partial charge in [-0.25, -0.2) is 4.79 Å². The Bertz CT molecular complexity index is 2050. The van der Waals surface area contributed by atoms with Crippen molar-refractivity contribution in [2.45, 2.75) is 24.5 Å². The summed E-state index contributed by atoms with van der Waals surface area (Å²) >= 11 is 0. The summed E-state index contributed by atoms with van der Waals surface area (Å²) < 4.78 is 6.43. The van der Waals surface area contributed by atoms with Crippen LogP contribution in [0, 0.1) is 11.8 Å². The molecule has 1 saturated heterocycles. The number of H-pyrrole nitrogens is 1. The van der Waals surface area contributed by atoms with Crippen LogP contribution in [0.2, 0.25) is 0 Å². The quantitative estimate of drug-likeness (QED) is 0.159. The first-order valence-corrected chi connectivity index (χ1v) is 12.5. The Kier molecular flexibility index (Phi) is 5.30. The van der Waals surface area contributed by atoms with Crippen LogP contribution in [0.1, 0.15) is 17.4 Å². The summed E-state index contributed by atoms with van der Waals surface area (Å²) in [5.74, 6) is 5.97. The second-order valence-electron chi connectivity index (χ2n) is 9.79. The third-order valence-corrected chi connectivity index (χ3v) is 7.62. The predicted molar refractivity (Wildman–Crippen MR) is 148 cm³/mol. The molecule has 1 aliphatic rings. The normalized spacial score (nSPS) is 21.2. The number of nitrogens with one attached hydrogen (secondary N) is 1. The minimum Gasteiger partial charge on any atom is -0.394 e. The van der Waals surface area contributed by atoms with Gasteiger partial charge in [0.05, 0.1) is 6.61 Å². The smallest absolute Gasteiger partial charge is 0.330 e. The number of aromatic nitrogens is 2. The highest BCUT2D eigenvalue weighted by molar-refractivity contribution is 6.33. The van der Waals surface area contributed by atoms with Gasteiger partial charge in [0.25, 0.3) is 5.56 Å². The Balaban J connectivity index is 1.39. The lowest BCUT2D eigenvalue weighted by Crippen LogP contribution is -2.38. The van der Waals surface area contributed by atoms with Gasteiger partial charge in [0.1, 0.15) is 23.9 Å². The fraction of sp³-hybridized carbons (Fsp3) is 0.161. The molecule has 0 amide bonds. The molecule has 4 N–H and O–H groups in total. The van der Waals surface area contributed by atoms with Gasteiger partial charge in [0.2, 0.25) is 0 Å². The number of ether oxygens (including phenoxy) is 1. The lowest BCUT2D eigenvalue weighted by molar-refractivity contribution is -0.0550. The van der Waals surface area contributed by atoms with Crippen LogP contribution in [-0.4, -0.2) is 49.8 Å². The van der Waals surface area contributed by atoms with Crippen LogP contribution >= 0.6 is 0 Å². The second kappa shape index (κ2) is 8.76. The van der Waals surface area contributed by atoms with Crippen molar-refractivity contribution in [3.05, 3.63) is 105 Å². The highest BCUT2D eigenvalue weighted by atomic mass is 16.6.